The summed E-state index contributed by atoms with van der Waals surface area (Å²) in [5, 5.41) is 6.03. The molecule has 2 N–H and O–H groups in total. The van der Waals surface area contributed by atoms with Gasteiger partial charge in [0.05, 0.1) is 5.56 Å². The molecule has 0 radical (unpaired) electrons. The van der Waals surface area contributed by atoms with Gasteiger partial charge in [0, 0.05) is 23.8 Å². The Labute approximate surface area is 127 Å². The molecule has 1 amide bonds. The molecule has 1 heterocycles. The summed E-state index contributed by atoms with van der Waals surface area (Å²) in [4.78, 5) is 16.3. The van der Waals surface area contributed by atoms with Gasteiger partial charge in [-0.2, -0.15) is 11.8 Å². The molecule has 4 nitrogen and oxygen atoms in total. The second-order valence-electron chi connectivity index (χ2n) is 4.04. The number of amides is 1. The molecule has 1 rings (SSSR count). The lowest BCUT2D eigenvalue weighted by molar-refractivity contribution is 0.0953. The monoisotopic (exact) mass is 345 g/mol. The zero-order valence-corrected chi connectivity index (χ0v) is 13.7. The van der Waals surface area contributed by atoms with Crippen molar-refractivity contribution in [3.8, 4) is 0 Å². The van der Waals surface area contributed by atoms with Gasteiger partial charge in [0.15, 0.2) is 0 Å². The van der Waals surface area contributed by atoms with Crippen LogP contribution >= 0.6 is 27.7 Å². The topological polar surface area (TPSA) is 54.0 Å². The molecule has 106 valence electrons. The molecule has 0 saturated heterocycles. The van der Waals surface area contributed by atoms with Gasteiger partial charge in [-0.1, -0.05) is 0 Å². The number of pyridine rings is 1. The Hall–Kier alpha value is -0.750. The highest BCUT2D eigenvalue weighted by Gasteiger charge is 2.12. The minimum atomic E-state index is -0.0751. The molecular weight excluding hydrogens is 326 g/mol. The number of nitrogens with one attached hydrogen (secondary N) is 2. The summed E-state index contributed by atoms with van der Waals surface area (Å²) in [6, 6.07) is 1.79. The number of nitrogens with zero attached hydrogens (tertiary/aromatic N) is 1. The van der Waals surface area contributed by atoms with Crippen LogP contribution in [0.3, 0.4) is 0 Å². The number of rotatable bonds is 8. The lowest BCUT2D eigenvalue weighted by atomic mass is 10.2. The van der Waals surface area contributed by atoms with E-state index in [1.807, 2.05) is 18.7 Å². The van der Waals surface area contributed by atoms with Crippen LogP contribution in [0.4, 0.5) is 5.82 Å². The highest BCUT2D eigenvalue weighted by molar-refractivity contribution is 9.10. The number of hydrogen-bond donors (Lipinski definition) is 2. The summed E-state index contributed by atoms with van der Waals surface area (Å²) < 4.78 is 0.807. The Kier molecular flexibility index (Phi) is 7.90. The Morgan fingerprint density at radius 3 is 2.95 bits per heavy atom. The van der Waals surface area contributed by atoms with Crippen LogP contribution in [0.15, 0.2) is 16.7 Å². The van der Waals surface area contributed by atoms with Gasteiger partial charge in [0.2, 0.25) is 0 Å². The highest BCUT2D eigenvalue weighted by Crippen LogP contribution is 2.17. The maximum absolute atomic E-state index is 12.1. The van der Waals surface area contributed by atoms with Crippen molar-refractivity contribution in [2.75, 3.05) is 30.4 Å². The van der Waals surface area contributed by atoms with Gasteiger partial charge in [-0.15, -0.1) is 0 Å². The number of thioether (sulfide) groups is 1. The Bertz CT molecular complexity index is 415. The fourth-order valence-corrected chi connectivity index (χ4v) is 2.41. The SMILES string of the molecule is CCNc1ncc(Br)cc1C(=O)NCCCCSC. The van der Waals surface area contributed by atoms with E-state index in [1.54, 1.807) is 12.3 Å². The van der Waals surface area contributed by atoms with Gasteiger partial charge in [-0.05, 0) is 53.8 Å². The molecule has 19 heavy (non-hydrogen) atoms. The van der Waals surface area contributed by atoms with E-state index in [0.717, 1.165) is 29.6 Å². The third kappa shape index (κ3) is 5.82. The molecule has 0 bridgehead atoms. The predicted octanol–water partition coefficient (Wildman–Crippen LogP) is 3.15. The Morgan fingerprint density at radius 1 is 1.47 bits per heavy atom. The van der Waals surface area contributed by atoms with E-state index < -0.39 is 0 Å². The first-order chi connectivity index (χ1) is 9.19. The van der Waals surface area contributed by atoms with Gasteiger partial charge < -0.3 is 10.6 Å². The summed E-state index contributed by atoms with van der Waals surface area (Å²) in [6.07, 6.45) is 5.91. The molecule has 0 atom stereocenters. The summed E-state index contributed by atoms with van der Waals surface area (Å²) >= 11 is 5.17. The number of unbranched alkanes of at least 4 members (excludes halogenated alkanes) is 1. The zero-order chi connectivity index (χ0) is 14.1. The van der Waals surface area contributed by atoms with E-state index in [2.05, 4.69) is 37.8 Å². The molecule has 0 spiro atoms. The van der Waals surface area contributed by atoms with E-state index in [1.165, 1.54) is 0 Å². The molecule has 0 saturated carbocycles. The first-order valence-corrected chi connectivity index (χ1v) is 8.54. The van der Waals surface area contributed by atoms with Crippen LogP contribution in [-0.4, -0.2) is 36.0 Å². The molecule has 0 aliphatic carbocycles. The summed E-state index contributed by atoms with van der Waals surface area (Å²) in [5.74, 6) is 1.69. The number of hydrogen-bond acceptors (Lipinski definition) is 4. The van der Waals surface area contributed by atoms with Crippen molar-refractivity contribution < 1.29 is 4.79 Å². The van der Waals surface area contributed by atoms with Crippen LogP contribution in [0.1, 0.15) is 30.1 Å². The van der Waals surface area contributed by atoms with Gasteiger partial charge in [0.25, 0.3) is 5.91 Å². The van der Waals surface area contributed by atoms with Crippen molar-refractivity contribution in [3.63, 3.8) is 0 Å². The van der Waals surface area contributed by atoms with Crippen molar-refractivity contribution in [1.29, 1.82) is 0 Å². The molecule has 0 unspecified atom stereocenters. The van der Waals surface area contributed by atoms with Gasteiger partial charge >= 0.3 is 0 Å². The van der Waals surface area contributed by atoms with E-state index >= 15 is 0 Å². The molecule has 1 aromatic heterocycles. The minimum Gasteiger partial charge on any atom is -0.370 e. The lowest BCUT2D eigenvalue weighted by Crippen LogP contribution is -2.26. The highest BCUT2D eigenvalue weighted by atomic mass is 79.9. The van der Waals surface area contributed by atoms with Crippen LogP contribution < -0.4 is 10.6 Å². The number of carbonyl (C=O) groups is 1. The quantitative estimate of drug-likeness (QED) is 0.710. The lowest BCUT2D eigenvalue weighted by Gasteiger charge is -2.10. The van der Waals surface area contributed by atoms with Gasteiger partial charge in [-0.3, -0.25) is 4.79 Å². The fourth-order valence-electron chi connectivity index (χ4n) is 1.59. The third-order valence-electron chi connectivity index (χ3n) is 2.50. The average Bonchev–Trinajstić information content (AvgIpc) is 2.40. The van der Waals surface area contributed by atoms with E-state index in [9.17, 15) is 4.79 Å². The first kappa shape index (κ1) is 16.3. The molecule has 6 heteroatoms. The van der Waals surface area contributed by atoms with Crippen molar-refractivity contribution >= 4 is 39.4 Å². The van der Waals surface area contributed by atoms with Gasteiger partial charge in [-0.25, -0.2) is 4.98 Å². The average molecular weight is 346 g/mol. The smallest absolute Gasteiger partial charge is 0.255 e. The molecule has 0 fully saturated rings. The molecule has 1 aromatic rings. The molecular formula is C13H20BrN3OS. The van der Waals surface area contributed by atoms with Crippen molar-refractivity contribution in [3.05, 3.63) is 22.3 Å². The van der Waals surface area contributed by atoms with Crippen molar-refractivity contribution in [2.45, 2.75) is 19.8 Å². The van der Waals surface area contributed by atoms with E-state index in [-0.39, 0.29) is 5.91 Å². The molecule has 0 aromatic carbocycles. The summed E-state index contributed by atoms with van der Waals surface area (Å²) in [7, 11) is 0. The number of carbonyl (C=O) groups excluding carboxylic acids is 1. The summed E-state index contributed by atoms with van der Waals surface area (Å²) in [5.41, 5.74) is 0.584. The maximum atomic E-state index is 12.1. The summed E-state index contributed by atoms with van der Waals surface area (Å²) in [6.45, 7) is 3.42. The number of aromatic nitrogens is 1. The largest absolute Gasteiger partial charge is 0.370 e. The van der Waals surface area contributed by atoms with Crippen LogP contribution in [0.2, 0.25) is 0 Å². The van der Waals surface area contributed by atoms with Crippen molar-refractivity contribution in [2.24, 2.45) is 0 Å². The molecule has 0 aliphatic heterocycles. The maximum Gasteiger partial charge on any atom is 0.255 e. The second kappa shape index (κ2) is 9.20. The van der Waals surface area contributed by atoms with Crippen molar-refractivity contribution in [1.82, 2.24) is 10.3 Å². The van der Waals surface area contributed by atoms with E-state index in [4.69, 9.17) is 0 Å². The van der Waals surface area contributed by atoms with Crippen LogP contribution in [0, 0.1) is 0 Å². The standard InChI is InChI=1S/C13H20BrN3OS/c1-3-15-12-11(8-10(14)9-17-12)13(18)16-6-4-5-7-19-2/h8-9H,3-7H2,1-2H3,(H,15,17)(H,16,18). The van der Waals surface area contributed by atoms with Crippen LogP contribution in [0.25, 0.3) is 0 Å². The normalized spacial score (nSPS) is 10.3. The first-order valence-electron chi connectivity index (χ1n) is 6.35. The number of anilines is 1. The Balaban J connectivity index is 2.57. The molecule has 0 aliphatic rings. The third-order valence-corrected chi connectivity index (χ3v) is 3.63. The Morgan fingerprint density at radius 2 is 2.26 bits per heavy atom. The zero-order valence-electron chi connectivity index (χ0n) is 11.3. The van der Waals surface area contributed by atoms with Crippen LogP contribution in [-0.2, 0) is 0 Å². The van der Waals surface area contributed by atoms with E-state index in [0.29, 0.717) is 17.9 Å². The fraction of sp³-hybridized carbons (Fsp3) is 0.538. The minimum absolute atomic E-state index is 0.0751. The second-order valence-corrected chi connectivity index (χ2v) is 5.94. The van der Waals surface area contributed by atoms with Crippen LogP contribution in [0.5, 0.6) is 0 Å². The number of halogens is 1. The van der Waals surface area contributed by atoms with Gasteiger partial charge in [0.1, 0.15) is 5.82 Å². The predicted molar refractivity (Wildman–Crippen MR) is 86.0 cm³/mol.